The van der Waals surface area contributed by atoms with Gasteiger partial charge < -0.3 is 5.73 Å². The molecule has 3 heteroatoms. The van der Waals surface area contributed by atoms with Crippen molar-refractivity contribution in [2.45, 2.75) is 30.0 Å². The molecule has 0 saturated carbocycles. The molecule has 100 valence electrons. The molecule has 2 N–H and O–H groups in total. The number of thioether (sulfide) groups is 1. The molecule has 2 atom stereocenters. The minimum atomic E-state index is -0.210. The molecule has 0 fully saturated rings. The number of nitrogens with two attached hydrogens (primary N) is 1. The van der Waals surface area contributed by atoms with Gasteiger partial charge in [0, 0.05) is 16.2 Å². The SMILES string of the molecule is Cc1ccccc1C(Sc1cccc(F)c1)C(C)N. The van der Waals surface area contributed by atoms with Gasteiger partial charge in [-0.15, -0.1) is 11.8 Å². The van der Waals surface area contributed by atoms with Crippen LogP contribution in [0.2, 0.25) is 0 Å². The van der Waals surface area contributed by atoms with E-state index in [9.17, 15) is 4.39 Å². The van der Waals surface area contributed by atoms with E-state index in [1.54, 1.807) is 23.9 Å². The molecule has 0 aliphatic rings. The van der Waals surface area contributed by atoms with Crippen LogP contribution in [-0.2, 0) is 0 Å². The molecule has 2 rings (SSSR count). The first-order valence-electron chi connectivity index (χ1n) is 6.31. The first-order valence-corrected chi connectivity index (χ1v) is 7.19. The standard InChI is InChI=1S/C16H18FNS/c1-11-6-3-4-9-15(11)16(12(2)18)19-14-8-5-7-13(17)10-14/h3-10,12,16H,18H2,1-2H3. The Morgan fingerprint density at radius 3 is 2.47 bits per heavy atom. The third kappa shape index (κ3) is 3.58. The normalized spacial score (nSPS) is 14.1. The molecule has 1 nitrogen and oxygen atoms in total. The van der Waals surface area contributed by atoms with E-state index in [0.29, 0.717) is 0 Å². The minimum Gasteiger partial charge on any atom is -0.327 e. The largest absolute Gasteiger partial charge is 0.327 e. The Labute approximate surface area is 118 Å². The van der Waals surface area contributed by atoms with Crippen molar-refractivity contribution in [2.75, 3.05) is 0 Å². The van der Waals surface area contributed by atoms with Crippen LogP contribution < -0.4 is 5.73 Å². The predicted molar refractivity (Wildman–Crippen MR) is 79.8 cm³/mol. The van der Waals surface area contributed by atoms with Gasteiger partial charge in [-0.2, -0.15) is 0 Å². The zero-order chi connectivity index (χ0) is 13.8. The van der Waals surface area contributed by atoms with Gasteiger partial charge in [0.05, 0.1) is 0 Å². The first-order chi connectivity index (χ1) is 9.08. The summed E-state index contributed by atoms with van der Waals surface area (Å²) in [4.78, 5) is 0.908. The van der Waals surface area contributed by atoms with Gasteiger partial charge in [0.15, 0.2) is 0 Å². The molecule has 0 radical (unpaired) electrons. The van der Waals surface area contributed by atoms with Gasteiger partial charge in [-0.3, -0.25) is 0 Å². The van der Waals surface area contributed by atoms with Crippen LogP contribution in [0.4, 0.5) is 4.39 Å². The van der Waals surface area contributed by atoms with E-state index in [1.165, 1.54) is 17.2 Å². The van der Waals surface area contributed by atoms with Gasteiger partial charge in [0.2, 0.25) is 0 Å². The van der Waals surface area contributed by atoms with Gasteiger partial charge in [-0.05, 0) is 43.2 Å². The van der Waals surface area contributed by atoms with E-state index in [1.807, 2.05) is 25.1 Å². The fraction of sp³-hybridized carbons (Fsp3) is 0.250. The number of benzene rings is 2. The molecule has 0 saturated heterocycles. The van der Waals surface area contributed by atoms with Crippen molar-refractivity contribution in [1.82, 2.24) is 0 Å². The van der Waals surface area contributed by atoms with Crippen LogP contribution >= 0.6 is 11.8 Å². The van der Waals surface area contributed by atoms with E-state index in [-0.39, 0.29) is 17.1 Å². The minimum absolute atomic E-state index is 0.00522. The second-order valence-corrected chi connectivity index (χ2v) is 5.93. The summed E-state index contributed by atoms with van der Waals surface area (Å²) in [5, 5.41) is 0.128. The summed E-state index contributed by atoms with van der Waals surface area (Å²) in [6.07, 6.45) is 0. The first kappa shape index (κ1) is 14.1. The van der Waals surface area contributed by atoms with Crippen molar-refractivity contribution in [3.63, 3.8) is 0 Å². The number of hydrogen-bond acceptors (Lipinski definition) is 2. The maximum absolute atomic E-state index is 13.3. The van der Waals surface area contributed by atoms with E-state index in [2.05, 4.69) is 19.1 Å². The lowest BCUT2D eigenvalue weighted by Crippen LogP contribution is -2.23. The Morgan fingerprint density at radius 2 is 1.84 bits per heavy atom. The lowest BCUT2D eigenvalue weighted by Gasteiger charge is -2.22. The van der Waals surface area contributed by atoms with Crippen LogP contribution in [0.15, 0.2) is 53.4 Å². The third-order valence-electron chi connectivity index (χ3n) is 3.03. The number of hydrogen-bond donors (Lipinski definition) is 1. The highest BCUT2D eigenvalue weighted by molar-refractivity contribution is 7.99. The lowest BCUT2D eigenvalue weighted by molar-refractivity contribution is 0.624. The van der Waals surface area contributed by atoms with Crippen molar-refractivity contribution in [2.24, 2.45) is 5.73 Å². The molecule has 2 aromatic carbocycles. The molecule has 19 heavy (non-hydrogen) atoms. The summed E-state index contributed by atoms with van der Waals surface area (Å²) < 4.78 is 13.3. The third-order valence-corrected chi connectivity index (χ3v) is 4.49. The highest BCUT2D eigenvalue weighted by atomic mass is 32.2. The van der Waals surface area contributed by atoms with Crippen LogP contribution in [0, 0.1) is 12.7 Å². The van der Waals surface area contributed by atoms with Crippen LogP contribution in [0.3, 0.4) is 0 Å². The van der Waals surface area contributed by atoms with Crippen molar-refractivity contribution >= 4 is 11.8 Å². The Morgan fingerprint density at radius 1 is 1.11 bits per heavy atom. The Balaban J connectivity index is 2.29. The summed E-state index contributed by atoms with van der Waals surface area (Å²) in [5.41, 5.74) is 8.54. The molecule has 0 heterocycles. The molecular weight excluding hydrogens is 257 g/mol. The van der Waals surface area contributed by atoms with Crippen molar-refractivity contribution in [1.29, 1.82) is 0 Å². The fourth-order valence-corrected chi connectivity index (χ4v) is 3.28. The quantitative estimate of drug-likeness (QED) is 0.841. The van der Waals surface area contributed by atoms with Crippen molar-refractivity contribution < 1.29 is 4.39 Å². The maximum atomic E-state index is 13.3. The summed E-state index contributed by atoms with van der Waals surface area (Å²) in [6.45, 7) is 4.07. The summed E-state index contributed by atoms with van der Waals surface area (Å²) >= 11 is 1.61. The van der Waals surface area contributed by atoms with Gasteiger partial charge >= 0.3 is 0 Å². The van der Waals surface area contributed by atoms with E-state index in [0.717, 1.165) is 4.90 Å². The smallest absolute Gasteiger partial charge is 0.124 e. The molecular formula is C16H18FNS. The zero-order valence-electron chi connectivity index (χ0n) is 11.1. The molecule has 0 amide bonds. The predicted octanol–water partition coefficient (Wildman–Crippen LogP) is 4.31. The van der Waals surface area contributed by atoms with Crippen molar-refractivity contribution in [3.8, 4) is 0 Å². The lowest BCUT2D eigenvalue weighted by atomic mass is 10.0. The Hall–Kier alpha value is -1.32. The van der Waals surface area contributed by atoms with E-state index in [4.69, 9.17) is 5.73 Å². The molecule has 0 bridgehead atoms. The fourth-order valence-electron chi connectivity index (χ4n) is 2.05. The highest BCUT2D eigenvalue weighted by Gasteiger charge is 2.19. The average Bonchev–Trinajstić information content (AvgIpc) is 2.37. The molecule has 0 spiro atoms. The molecule has 2 unspecified atom stereocenters. The Kier molecular flexibility index (Phi) is 4.61. The van der Waals surface area contributed by atoms with Gasteiger partial charge in [-0.1, -0.05) is 30.3 Å². The molecule has 2 aromatic rings. The van der Waals surface area contributed by atoms with E-state index < -0.39 is 0 Å². The monoisotopic (exact) mass is 275 g/mol. The summed E-state index contributed by atoms with van der Waals surface area (Å²) in [6, 6.07) is 14.9. The second kappa shape index (κ2) is 6.22. The molecule has 0 aliphatic carbocycles. The number of halogens is 1. The van der Waals surface area contributed by atoms with Crippen molar-refractivity contribution in [3.05, 3.63) is 65.5 Å². The Bertz CT molecular complexity index is 554. The van der Waals surface area contributed by atoms with Crippen LogP contribution in [0.5, 0.6) is 0 Å². The zero-order valence-corrected chi connectivity index (χ0v) is 12.0. The average molecular weight is 275 g/mol. The van der Waals surface area contributed by atoms with Gasteiger partial charge in [0.1, 0.15) is 5.82 Å². The topological polar surface area (TPSA) is 26.0 Å². The summed E-state index contributed by atoms with van der Waals surface area (Å²) in [7, 11) is 0. The van der Waals surface area contributed by atoms with E-state index >= 15 is 0 Å². The van der Waals surface area contributed by atoms with Gasteiger partial charge in [0.25, 0.3) is 0 Å². The number of aryl methyl sites for hydroxylation is 1. The maximum Gasteiger partial charge on any atom is 0.124 e. The molecule has 0 aliphatic heterocycles. The second-order valence-electron chi connectivity index (χ2n) is 4.71. The number of rotatable bonds is 4. The summed E-state index contributed by atoms with van der Waals surface area (Å²) in [5.74, 6) is -0.210. The van der Waals surface area contributed by atoms with Gasteiger partial charge in [-0.25, -0.2) is 4.39 Å². The van der Waals surface area contributed by atoms with Crippen LogP contribution in [-0.4, -0.2) is 6.04 Å². The van der Waals surface area contributed by atoms with Crippen LogP contribution in [0.1, 0.15) is 23.3 Å². The molecule has 0 aromatic heterocycles. The highest BCUT2D eigenvalue weighted by Crippen LogP contribution is 2.38. The van der Waals surface area contributed by atoms with Crippen LogP contribution in [0.25, 0.3) is 0 Å².